The Bertz CT molecular complexity index is 664. The van der Waals surface area contributed by atoms with Crippen LogP contribution in [-0.2, 0) is 0 Å². The van der Waals surface area contributed by atoms with Crippen molar-refractivity contribution in [3.63, 3.8) is 0 Å². The van der Waals surface area contributed by atoms with Gasteiger partial charge in [0.25, 0.3) is 5.91 Å². The Labute approximate surface area is 107 Å². The number of nitrogens with zero attached hydrogens (tertiary/aromatic N) is 1. The van der Waals surface area contributed by atoms with E-state index in [1.807, 2.05) is 0 Å². The summed E-state index contributed by atoms with van der Waals surface area (Å²) in [6, 6.07) is 9.73. The first kappa shape index (κ1) is 11.3. The number of fused-ring (bicyclic) bond motifs is 1. The van der Waals surface area contributed by atoms with Crippen LogP contribution in [0, 0.1) is 10.1 Å². The van der Waals surface area contributed by atoms with Crippen LogP contribution >= 0.6 is 0 Å². The molecule has 0 radical (unpaired) electrons. The van der Waals surface area contributed by atoms with Crippen molar-refractivity contribution in [1.82, 2.24) is 5.32 Å². The van der Waals surface area contributed by atoms with Gasteiger partial charge in [0.15, 0.2) is 11.9 Å². The van der Waals surface area contributed by atoms with E-state index in [4.69, 9.17) is 4.42 Å². The zero-order chi connectivity index (χ0) is 13.4. The molecule has 0 fully saturated rings. The fourth-order valence-electron chi connectivity index (χ4n) is 1.95. The number of furan rings is 1. The molecule has 1 aliphatic rings. The van der Waals surface area contributed by atoms with Crippen molar-refractivity contribution >= 4 is 17.5 Å². The van der Waals surface area contributed by atoms with Gasteiger partial charge in [-0.15, -0.1) is 0 Å². The first-order valence-corrected chi connectivity index (χ1v) is 5.56. The van der Waals surface area contributed by atoms with Crippen molar-refractivity contribution in [3.05, 3.63) is 57.8 Å². The number of benzene rings is 1. The Hall–Kier alpha value is -2.83. The third-order valence-electron chi connectivity index (χ3n) is 2.82. The summed E-state index contributed by atoms with van der Waals surface area (Å²) in [6.07, 6.45) is -0.615. The van der Waals surface area contributed by atoms with Gasteiger partial charge in [-0.2, -0.15) is 0 Å². The predicted molar refractivity (Wildman–Crippen MR) is 65.6 cm³/mol. The van der Waals surface area contributed by atoms with E-state index in [-0.39, 0.29) is 17.6 Å². The number of carbonyl (C=O) groups is 1. The quantitative estimate of drug-likeness (QED) is 0.635. The highest BCUT2D eigenvalue weighted by Gasteiger charge is 2.27. The van der Waals surface area contributed by atoms with E-state index in [0.29, 0.717) is 11.3 Å². The molecule has 0 bridgehead atoms. The average molecular weight is 259 g/mol. The normalized spacial score (nSPS) is 17.3. The second-order valence-electron chi connectivity index (χ2n) is 4.03. The number of anilines is 1. The Kier molecular flexibility index (Phi) is 2.45. The van der Waals surface area contributed by atoms with E-state index in [0.717, 1.165) is 0 Å². The van der Waals surface area contributed by atoms with Gasteiger partial charge in [-0.3, -0.25) is 14.9 Å². The first-order valence-electron chi connectivity index (χ1n) is 5.56. The highest BCUT2D eigenvalue weighted by Crippen LogP contribution is 2.28. The highest BCUT2D eigenvalue weighted by atomic mass is 16.6. The molecule has 2 heterocycles. The summed E-state index contributed by atoms with van der Waals surface area (Å²) in [6.45, 7) is 0. The van der Waals surface area contributed by atoms with E-state index < -0.39 is 11.1 Å². The first-order chi connectivity index (χ1) is 9.15. The van der Waals surface area contributed by atoms with Gasteiger partial charge in [-0.1, -0.05) is 12.1 Å². The van der Waals surface area contributed by atoms with Crippen LogP contribution in [0.4, 0.5) is 11.6 Å². The van der Waals surface area contributed by atoms with Crippen LogP contribution in [0.1, 0.15) is 22.3 Å². The Morgan fingerprint density at radius 1 is 1.16 bits per heavy atom. The van der Waals surface area contributed by atoms with Gasteiger partial charge in [-0.05, 0) is 18.2 Å². The fraction of sp³-hybridized carbons (Fsp3) is 0.0833. The summed E-state index contributed by atoms with van der Waals surface area (Å²) >= 11 is 0. The molecule has 7 nitrogen and oxygen atoms in total. The number of rotatable bonds is 2. The smallest absolute Gasteiger partial charge is 0.402 e. The van der Waals surface area contributed by atoms with Crippen LogP contribution in [0.3, 0.4) is 0 Å². The molecule has 1 aromatic heterocycles. The summed E-state index contributed by atoms with van der Waals surface area (Å²) in [5.41, 5.74) is 1.19. The van der Waals surface area contributed by atoms with Crippen molar-refractivity contribution in [2.75, 3.05) is 5.32 Å². The number of hydrogen-bond acceptors (Lipinski definition) is 5. The van der Waals surface area contributed by atoms with Crippen LogP contribution < -0.4 is 10.6 Å². The topological polar surface area (TPSA) is 97.4 Å². The van der Waals surface area contributed by atoms with E-state index in [9.17, 15) is 14.9 Å². The summed E-state index contributed by atoms with van der Waals surface area (Å²) in [5, 5.41) is 16.3. The SMILES string of the molecule is O=C1NC(c2ccc([N+](=O)[O-])o2)Nc2ccccc21. The molecule has 0 spiro atoms. The molecule has 1 amide bonds. The summed E-state index contributed by atoms with van der Waals surface area (Å²) in [7, 11) is 0. The van der Waals surface area contributed by atoms with Gasteiger partial charge < -0.3 is 15.1 Å². The average Bonchev–Trinajstić information content (AvgIpc) is 2.88. The molecule has 0 saturated heterocycles. The number of carbonyl (C=O) groups excluding carboxylic acids is 1. The molecule has 1 aromatic carbocycles. The van der Waals surface area contributed by atoms with Crippen molar-refractivity contribution in [1.29, 1.82) is 0 Å². The summed E-state index contributed by atoms with van der Waals surface area (Å²) in [4.78, 5) is 21.8. The van der Waals surface area contributed by atoms with E-state index in [2.05, 4.69) is 10.6 Å². The Morgan fingerprint density at radius 2 is 1.95 bits per heavy atom. The molecule has 1 atom stereocenters. The molecule has 19 heavy (non-hydrogen) atoms. The lowest BCUT2D eigenvalue weighted by Gasteiger charge is -2.25. The second-order valence-corrected chi connectivity index (χ2v) is 4.03. The van der Waals surface area contributed by atoms with Gasteiger partial charge in [0.2, 0.25) is 0 Å². The van der Waals surface area contributed by atoms with E-state index in [1.165, 1.54) is 12.1 Å². The number of nitrogens with one attached hydrogen (secondary N) is 2. The molecular weight excluding hydrogens is 250 g/mol. The number of hydrogen-bond donors (Lipinski definition) is 2. The monoisotopic (exact) mass is 259 g/mol. The van der Waals surface area contributed by atoms with E-state index >= 15 is 0 Å². The van der Waals surface area contributed by atoms with Crippen LogP contribution in [0.2, 0.25) is 0 Å². The maximum atomic E-state index is 11.9. The molecule has 7 heteroatoms. The van der Waals surface area contributed by atoms with Crippen LogP contribution in [-0.4, -0.2) is 10.8 Å². The molecule has 0 aliphatic carbocycles. The summed E-state index contributed by atoms with van der Waals surface area (Å²) < 4.78 is 5.07. The molecular formula is C12H9N3O4. The second kappa shape index (κ2) is 4.13. The molecule has 1 unspecified atom stereocenters. The van der Waals surface area contributed by atoms with Crippen LogP contribution in [0.15, 0.2) is 40.8 Å². The van der Waals surface area contributed by atoms with Gasteiger partial charge in [0.05, 0.1) is 11.6 Å². The minimum absolute atomic E-state index is 0.251. The zero-order valence-electron chi connectivity index (χ0n) is 9.62. The Morgan fingerprint density at radius 3 is 2.68 bits per heavy atom. The number of amides is 1. The largest absolute Gasteiger partial charge is 0.433 e. The lowest BCUT2D eigenvalue weighted by Crippen LogP contribution is -2.38. The standard InChI is InChI=1S/C12H9N3O4/c16-12-7-3-1-2-4-8(7)13-11(14-12)9-5-6-10(19-9)15(17)18/h1-6,11,13H,(H,14,16). The molecule has 96 valence electrons. The maximum Gasteiger partial charge on any atom is 0.433 e. The van der Waals surface area contributed by atoms with Crippen molar-refractivity contribution in [3.8, 4) is 0 Å². The maximum absolute atomic E-state index is 11.9. The minimum Gasteiger partial charge on any atom is -0.402 e. The third kappa shape index (κ3) is 1.90. The van der Waals surface area contributed by atoms with Crippen molar-refractivity contribution in [2.45, 2.75) is 6.17 Å². The lowest BCUT2D eigenvalue weighted by molar-refractivity contribution is -0.402. The van der Waals surface area contributed by atoms with Gasteiger partial charge in [0, 0.05) is 5.69 Å². The fourth-order valence-corrected chi connectivity index (χ4v) is 1.95. The predicted octanol–water partition coefficient (Wildman–Crippen LogP) is 2.04. The molecule has 2 aromatic rings. The zero-order valence-corrected chi connectivity index (χ0v) is 9.62. The van der Waals surface area contributed by atoms with Gasteiger partial charge in [-0.25, -0.2) is 0 Å². The minimum atomic E-state index is -0.623. The highest BCUT2D eigenvalue weighted by molar-refractivity contribution is 6.01. The molecule has 0 saturated carbocycles. The molecule has 3 rings (SSSR count). The number of para-hydroxylation sites is 1. The van der Waals surface area contributed by atoms with Crippen molar-refractivity contribution in [2.24, 2.45) is 0 Å². The van der Waals surface area contributed by atoms with Gasteiger partial charge in [0.1, 0.15) is 4.92 Å². The number of nitro groups is 1. The van der Waals surface area contributed by atoms with Gasteiger partial charge >= 0.3 is 5.88 Å². The third-order valence-corrected chi connectivity index (χ3v) is 2.82. The van der Waals surface area contributed by atoms with Crippen molar-refractivity contribution < 1.29 is 14.1 Å². The molecule has 2 N–H and O–H groups in total. The molecule has 1 aliphatic heterocycles. The van der Waals surface area contributed by atoms with E-state index in [1.54, 1.807) is 24.3 Å². The Balaban J connectivity index is 1.92. The lowest BCUT2D eigenvalue weighted by atomic mass is 10.1. The summed E-state index contributed by atoms with van der Waals surface area (Å²) in [5.74, 6) is -0.321. The van der Waals surface area contributed by atoms with Crippen LogP contribution in [0.5, 0.6) is 0 Å². The van der Waals surface area contributed by atoms with Crippen LogP contribution in [0.25, 0.3) is 0 Å².